The maximum absolute atomic E-state index is 12.2. The van der Waals surface area contributed by atoms with Crippen LogP contribution in [0.3, 0.4) is 0 Å². The van der Waals surface area contributed by atoms with Crippen molar-refractivity contribution in [2.24, 2.45) is 0 Å². The predicted octanol–water partition coefficient (Wildman–Crippen LogP) is 2.36. The zero-order valence-corrected chi connectivity index (χ0v) is 9.92. The smallest absolute Gasteiger partial charge is 0.368 e. The number of amides is 1. The molecule has 0 spiro atoms. The van der Waals surface area contributed by atoms with Crippen LogP contribution in [0.1, 0.15) is 32.6 Å². The number of likely N-dealkylation sites (N-methyl/N-ethyl adjacent to an activating group) is 1. The number of rotatable bonds is 5. The van der Waals surface area contributed by atoms with Gasteiger partial charge in [0, 0.05) is 6.54 Å². The van der Waals surface area contributed by atoms with E-state index in [2.05, 4.69) is 0 Å². The molecule has 1 rings (SSSR count). The largest absolute Gasteiger partial charge is 0.406 e. The normalized spacial score (nSPS) is 17.4. The third-order valence-corrected chi connectivity index (χ3v) is 2.85. The summed E-state index contributed by atoms with van der Waals surface area (Å²) in [4.78, 5) is 12.3. The van der Waals surface area contributed by atoms with E-state index in [4.69, 9.17) is 4.74 Å². The van der Waals surface area contributed by atoms with E-state index in [1.165, 1.54) is 6.92 Å². The van der Waals surface area contributed by atoms with Gasteiger partial charge in [0.1, 0.15) is 13.2 Å². The first-order chi connectivity index (χ1) is 7.92. The first-order valence-corrected chi connectivity index (χ1v) is 5.88. The van der Waals surface area contributed by atoms with Gasteiger partial charge in [0.25, 0.3) is 0 Å². The van der Waals surface area contributed by atoms with Gasteiger partial charge in [0.15, 0.2) is 0 Å². The average molecular weight is 253 g/mol. The zero-order valence-electron chi connectivity index (χ0n) is 9.92. The summed E-state index contributed by atoms with van der Waals surface area (Å²) < 4.78 is 41.8. The lowest BCUT2D eigenvalue weighted by Crippen LogP contribution is -2.41. The fourth-order valence-electron chi connectivity index (χ4n) is 1.93. The molecule has 0 N–H and O–H groups in total. The molecule has 1 amide bonds. The Morgan fingerprint density at radius 2 is 1.94 bits per heavy atom. The molecule has 1 aliphatic rings. The minimum atomic E-state index is -4.35. The van der Waals surface area contributed by atoms with Gasteiger partial charge in [-0.2, -0.15) is 13.2 Å². The second-order valence-electron chi connectivity index (χ2n) is 4.24. The molecular weight excluding hydrogens is 235 g/mol. The molecule has 6 heteroatoms. The van der Waals surface area contributed by atoms with Gasteiger partial charge in [-0.1, -0.05) is 12.8 Å². The Balaban J connectivity index is 2.32. The maximum Gasteiger partial charge on any atom is 0.406 e. The van der Waals surface area contributed by atoms with Crippen LogP contribution in [0.4, 0.5) is 13.2 Å². The summed E-state index contributed by atoms with van der Waals surface area (Å²) in [5.41, 5.74) is 0. The van der Waals surface area contributed by atoms with Gasteiger partial charge in [-0.25, -0.2) is 0 Å². The van der Waals surface area contributed by atoms with Crippen molar-refractivity contribution in [3.05, 3.63) is 0 Å². The molecule has 1 aliphatic carbocycles. The van der Waals surface area contributed by atoms with Crippen LogP contribution in [0.2, 0.25) is 0 Å². The van der Waals surface area contributed by atoms with Crippen molar-refractivity contribution in [2.45, 2.75) is 44.9 Å². The number of hydrogen-bond donors (Lipinski definition) is 0. The molecule has 1 saturated carbocycles. The van der Waals surface area contributed by atoms with Crippen LogP contribution in [-0.4, -0.2) is 42.8 Å². The highest BCUT2D eigenvalue weighted by Gasteiger charge is 2.32. The Bertz CT molecular complexity index is 250. The lowest BCUT2D eigenvalue weighted by Gasteiger charge is -2.23. The summed E-state index contributed by atoms with van der Waals surface area (Å²) in [5, 5.41) is 0. The van der Waals surface area contributed by atoms with Gasteiger partial charge in [-0.3, -0.25) is 4.79 Å². The van der Waals surface area contributed by atoms with E-state index in [1.54, 1.807) is 0 Å². The lowest BCUT2D eigenvalue weighted by atomic mass is 10.3. The van der Waals surface area contributed by atoms with Crippen LogP contribution in [0.15, 0.2) is 0 Å². The lowest BCUT2D eigenvalue weighted by molar-refractivity contribution is -0.164. The molecule has 0 unspecified atom stereocenters. The van der Waals surface area contributed by atoms with Crippen molar-refractivity contribution >= 4 is 5.91 Å². The fourth-order valence-corrected chi connectivity index (χ4v) is 1.93. The standard InChI is InChI=1S/C11H18F3NO2/c1-2-15(8-11(12,13)14)10(16)7-17-9-5-3-4-6-9/h9H,2-8H2,1H3. The van der Waals surface area contributed by atoms with Gasteiger partial charge in [0.2, 0.25) is 5.91 Å². The van der Waals surface area contributed by atoms with Crippen molar-refractivity contribution in [2.75, 3.05) is 19.7 Å². The maximum atomic E-state index is 12.2. The second-order valence-corrected chi connectivity index (χ2v) is 4.24. The fraction of sp³-hybridized carbons (Fsp3) is 0.909. The van der Waals surface area contributed by atoms with E-state index < -0.39 is 18.6 Å². The number of halogens is 3. The second kappa shape index (κ2) is 6.23. The molecule has 0 aromatic heterocycles. The number of nitrogens with zero attached hydrogens (tertiary/aromatic N) is 1. The van der Waals surface area contributed by atoms with E-state index in [0.29, 0.717) is 0 Å². The summed E-state index contributed by atoms with van der Waals surface area (Å²) in [7, 11) is 0. The summed E-state index contributed by atoms with van der Waals surface area (Å²) in [5.74, 6) is -0.586. The molecule has 17 heavy (non-hydrogen) atoms. The quantitative estimate of drug-likeness (QED) is 0.752. The predicted molar refractivity (Wildman–Crippen MR) is 56.5 cm³/mol. The van der Waals surface area contributed by atoms with Gasteiger partial charge in [-0.05, 0) is 19.8 Å². The van der Waals surface area contributed by atoms with Crippen LogP contribution in [-0.2, 0) is 9.53 Å². The number of carbonyl (C=O) groups is 1. The monoisotopic (exact) mass is 253 g/mol. The molecular formula is C11H18F3NO2. The minimum Gasteiger partial charge on any atom is -0.368 e. The summed E-state index contributed by atoms with van der Waals surface area (Å²) in [6, 6.07) is 0. The number of alkyl halides is 3. The zero-order chi connectivity index (χ0) is 12.9. The Hall–Kier alpha value is -0.780. The SMILES string of the molecule is CCN(CC(F)(F)F)C(=O)COC1CCCC1. The number of ether oxygens (including phenoxy) is 1. The summed E-state index contributed by atoms with van der Waals surface area (Å²) >= 11 is 0. The molecule has 0 aromatic rings. The Morgan fingerprint density at radius 3 is 2.41 bits per heavy atom. The minimum absolute atomic E-state index is 0.0449. The molecule has 0 bridgehead atoms. The third-order valence-electron chi connectivity index (χ3n) is 2.85. The van der Waals surface area contributed by atoms with Gasteiger partial charge in [0.05, 0.1) is 6.10 Å². The van der Waals surface area contributed by atoms with Crippen LogP contribution >= 0.6 is 0 Å². The van der Waals surface area contributed by atoms with E-state index in [0.717, 1.165) is 30.6 Å². The Labute approximate surface area is 98.9 Å². The first kappa shape index (κ1) is 14.3. The van der Waals surface area contributed by atoms with Crippen molar-refractivity contribution in [3.8, 4) is 0 Å². The van der Waals surface area contributed by atoms with Crippen molar-refractivity contribution in [1.82, 2.24) is 4.90 Å². The molecule has 0 aliphatic heterocycles. The number of carbonyl (C=O) groups excluding carboxylic acids is 1. The highest BCUT2D eigenvalue weighted by Crippen LogP contribution is 2.21. The average Bonchev–Trinajstić information content (AvgIpc) is 2.74. The molecule has 1 fully saturated rings. The van der Waals surface area contributed by atoms with E-state index in [-0.39, 0.29) is 19.3 Å². The van der Waals surface area contributed by atoms with Crippen LogP contribution in [0.25, 0.3) is 0 Å². The first-order valence-electron chi connectivity index (χ1n) is 5.88. The highest BCUT2D eigenvalue weighted by molar-refractivity contribution is 5.77. The number of hydrogen-bond acceptors (Lipinski definition) is 2. The van der Waals surface area contributed by atoms with Crippen molar-refractivity contribution < 1.29 is 22.7 Å². The molecule has 0 heterocycles. The molecule has 0 aromatic carbocycles. The van der Waals surface area contributed by atoms with Crippen molar-refractivity contribution in [1.29, 1.82) is 0 Å². The van der Waals surface area contributed by atoms with Crippen molar-refractivity contribution in [3.63, 3.8) is 0 Å². The van der Waals surface area contributed by atoms with Gasteiger partial charge < -0.3 is 9.64 Å². The molecule has 100 valence electrons. The Kier molecular flexibility index (Phi) is 5.24. The van der Waals surface area contributed by atoms with Gasteiger partial charge in [-0.15, -0.1) is 0 Å². The molecule has 0 atom stereocenters. The van der Waals surface area contributed by atoms with Crippen LogP contribution in [0.5, 0.6) is 0 Å². The van der Waals surface area contributed by atoms with E-state index >= 15 is 0 Å². The molecule has 3 nitrogen and oxygen atoms in total. The topological polar surface area (TPSA) is 29.5 Å². The summed E-state index contributed by atoms with van der Waals surface area (Å²) in [6.45, 7) is 0.135. The van der Waals surface area contributed by atoms with Crippen LogP contribution < -0.4 is 0 Å². The molecule has 0 radical (unpaired) electrons. The molecule has 0 saturated heterocycles. The van der Waals surface area contributed by atoms with Crippen LogP contribution in [0, 0.1) is 0 Å². The Morgan fingerprint density at radius 1 is 1.35 bits per heavy atom. The van der Waals surface area contributed by atoms with E-state index in [1.807, 2.05) is 0 Å². The third kappa shape index (κ3) is 5.39. The van der Waals surface area contributed by atoms with E-state index in [9.17, 15) is 18.0 Å². The summed E-state index contributed by atoms with van der Waals surface area (Å²) in [6.07, 6.45) is -0.364. The van der Waals surface area contributed by atoms with Gasteiger partial charge >= 0.3 is 6.18 Å². The highest BCUT2D eigenvalue weighted by atomic mass is 19.4.